The van der Waals surface area contributed by atoms with Crippen LogP contribution in [0, 0.1) is 0 Å². The minimum absolute atomic E-state index is 0.126. The lowest BCUT2D eigenvalue weighted by Gasteiger charge is -2.31. The molecule has 1 aromatic rings. The first-order valence-electron chi connectivity index (χ1n) is 6.47. The Hall–Kier alpha value is -0.790. The minimum atomic E-state index is -3.04. The Morgan fingerprint density at radius 3 is 2.37 bits per heavy atom. The molecular formula is C11H17ClN4O2S. The molecule has 1 aromatic heterocycles. The van der Waals surface area contributed by atoms with Gasteiger partial charge in [0.15, 0.2) is 5.15 Å². The van der Waals surface area contributed by atoms with E-state index in [0.29, 0.717) is 23.9 Å². The highest BCUT2D eigenvalue weighted by molar-refractivity contribution is 7.90. The average Bonchev–Trinajstić information content (AvgIpc) is 3.18. The van der Waals surface area contributed by atoms with E-state index in [1.807, 2.05) is 0 Å². The van der Waals surface area contributed by atoms with Gasteiger partial charge in [-0.25, -0.2) is 12.7 Å². The van der Waals surface area contributed by atoms with E-state index < -0.39 is 10.0 Å². The lowest BCUT2D eigenvalue weighted by molar-refractivity contribution is 0.261. The molecule has 2 fully saturated rings. The van der Waals surface area contributed by atoms with Crippen LogP contribution in [0.3, 0.4) is 0 Å². The number of hydrogen-bond acceptors (Lipinski definition) is 4. The fourth-order valence-corrected chi connectivity index (χ4v) is 4.52. The van der Waals surface area contributed by atoms with Crippen LogP contribution in [0.2, 0.25) is 5.15 Å². The molecule has 0 atom stereocenters. The van der Waals surface area contributed by atoms with Crippen molar-refractivity contribution in [3.8, 4) is 0 Å². The summed E-state index contributed by atoms with van der Waals surface area (Å²) in [6, 6.07) is 0.181. The molecule has 1 aliphatic carbocycles. The van der Waals surface area contributed by atoms with E-state index in [1.54, 1.807) is 15.2 Å². The van der Waals surface area contributed by atoms with Crippen LogP contribution in [0.1, 0.15) is 31.7 Å². The predicted molar refractivity (Wildman–Crippen MR) is 73.4 cm³/mol. The molecule has 1 saturated carbocycles. The SMILES string of the molecule is Nc1cn(C2CCN(S(=O)(=O)C3CC3)CC2)nc1Cl. The molecule has 0 radical (unpaired) electrons. The van der Waals surface area contributed by atoms with E-state index in [4.69, 9.17) is 17.3 Å². The maximum Gasteiger partial charge on any atom is 0.216 e. The summed E-state index contributed by atoms with van der Waals surface area (Å²) >= 11 is 5.84. The number of nitrogens with two attached hydrogens (primary N) is 1. The molecule has 6 nitrogen and oxygen atoms in total. The third-order valence-electron chi connectivity index (χ3n) is 3.82. The molecule has 0 unspecified atom stereocenters. The molecule has 1 aliphatic heterocycles. The van der Waals surface area contributed by atoms with Crippen LogP contribution in [0.4, 0.5) is 5.69 Å². The van der Waals surface area contributed by atoms with Crippen molar-refractivity contribution in [3.05, 3.63) is 11.3 Å². The number of anilines is 1. The molecule has 0 amide bonds. The van der Waals surface area contributed by atoms with E-state index in [0.717, 1.165) is 25.7 Å². The van der Waals surface area contributed by atoms with Crippen LogP contribution >= 0.6 is 11.6 Å². The lowest BCUT2D eigenvalue weighted by Crippen LogP contribution is -2.40. The Balaban J connectivity index is 1.66. The minimum Gasteiger partial charge on any atom is -0.395 e. The first-order chi connectivity index (χ1) is 8.98. The van der Waals surface area contributed by atoms with Crippen molar-refractivity contribution in [2.24, 2.45) is 0 Å². The normalized spacial score (nSPS) is 22.8. The molecule has 0 spiro atoms. The fourth-order valence-electron chi connectivity index (χ4n) is 2.51. The van der Waals surface area contributed by atoms with Gasteiger partial charge in [-0.3, -0.25) is 4.68 Å². The first kappa shape index (κ1) is 13.2. The standard InChI is InChI=1S/C11H17ClN4O2S/c12-11-10(13)7-16(14-11)8-3-5-15(6-4-8)19(17,18)9-1-2-9/h7-9H,1-6,13H2. The maximum atomic E-state index is 12.1. The number of sulfonamides is 1. The van der Waals surface area contributed by atoms with Crippen LogP contribution in [0.5, 0.6) is 0 Å². The van der Waals surface area contributed by atoms with E-state index in [1.165, 1.54) is 0 Å². The maximum absolute atomic E-state index is 12.1. The van der Waals surface area contributed by atoms with Gasteiger partial charge in [-0.15, -0.1) is 0 Å². The monoisotopic (exact) mass is 304 g/mol. The smallest absolute Gasteiger partial charge is 0.216 e. The largest absolute Gasteiger partial charge is 0.395 e. The summed E-state index contributed by atoms with van der Waals surface area (Å²) in [5.74, 6) is 0. The van der Waals surface area contributed by atoms with Gasteiger partial charge in [0.1, 0.15) is 0 Å². The van der Waals surface area contributed by atoms with Crippen LogP contribution in [0.25, 0.3) is 0 Å². The van der Waals surface area contributed by atoms with Gasteiger partial charge in [-0.1, -0.05) is 11.6 Å². The molecular weight excluding hydrogens is 288 g/mol. The highest BCUT2D eigenvalue weighted by Gasteiger charge is 2.41. The van der Waals surface area contributed by atoms with Crippen LogP contribution in [-0.2, 0) is 10.0 Å². The Morgan fingerprint density at radius 2 is 1.89 bits per heavy atom. The van der Waals surface area contributed by atoms with Crippen LogP contribution in [0.15, 0.2) is 6.20 Å². The fraction of sp³-hybridized carbons (Fsp3) is 0.727. The summed E-state index contributed by atoms with van der Waals surface area (Å²) in [6.45, 7) is 1.11. The third kappa shape index (κ3) is 2.46. The summed E-state index contributed by atoms with van der Waals surface area (Å²) < 4.78 is 27.6. The molecule has 106 valence electrons. The van der Waals surface area contributed by atoms with Gasteiger partial charge in [0.05, 0.1) is 17.0 Å². The second-order valence-electron chi connectivity index (χ2n) is 5.23. The summed E-state index contributed by atoms with van der Waals surface area (Å²) in [6.07, 6.45) is 4.85. The summed E-state index contributed by atoms with van der Waals surface area (Å²) in [5, 5.41) is 4.34. The van der Waals surface area contributed by atoms with Crippen molar-refractivity contribution in [1.29, 1.82) is 0 Å². The van der Waals surface area contributed by atoms with Crippen molar-refractivity contribution in [3.63, 3.8) is 0 Å². The Kier molecular flexibility index (Phi) is 3.23. The zero-order chi connectivity index (χ0) is 13.6. The number of hydrogen-bond donors (Lipinski definition) is 1. The van der Waals surface area contributed by atoms with Crippen molar-refractivity contribution in [1.82, 2.24) is 14.1 Å². The number of halogens is 1. The zero-order valence-electron chi connectivity index (χ0n) is 10.5. The van der Waals surface area contributed by atoms with Gasteiger partial charge in [0, 0.05) is 19.3 Å². The van der Waals surface area contributed by atoms with Gasteiger partial charge in [-0.2, -0.15) is 5.10 Å². The molecule has 2 heterocycles. The van der Waals surface area contributed by atoms with E-state index in [9.17, 15) is 8.42 Å². The van der Waals surface area contributed by atoms with Gasteiger partial charge >= 0.3 is 0 Å². The summed E-state index contributed by atoms with van der Waals surface area (Å²) in [7, 11) is -3.04. The van der Waals surface area contributed by atoms with Gasteiger partial charge in [-0.05, 0) is 25.7 Å². The number of piperidine rings is 1. The van der Waals surface area contributed by atoms with E-state index in [-0.39, 0.29) is 11.3 Å². The number of aromatic nitrogens is 2. The number of nitrogen functional groups attached to an aromatic ring is 1. The van der Waals surface area contributed by atoms with Gasteiger partial charge < -0.3 is 5.73 Å². The molecule has 8 heteroatoms. The van der Waals surface area contributed by atoms with E-state index in [2.05, 4.69) is 5.10 Å². The Labute approximate surface area is 117 Å². The highest BCUT2D eigenvalue weighted by atomic mass is 35.5. The van der Waals surface area contributed by atoms with Crippen LogP contribution in [-0.4, -0.2) is 40.8 Å². The number of rotatable bonds is 3. The van der Waals surface area contributed by atoms with Gasteiger partial charge in [0.2, 0.25) is 10.0 Å². The lowest BCUT2D eigenvalue weighted by atomic mass is 10.1. The van der Waals surface area contributed by atoms with Crippen molar-refractivity contribution in [2.45, 2.75) is 37.0 Å². The van der Waals surface area contributed by atoms with Crippen LogP contribution < -0.4 is 5.73 Å². The Bertz CT molecular complexity index is 554. The average molecular weight is 305 g/mol. The topological polar surface area (TPSA) is 81.2 Å². The van der Waals surface area contributed by atoms with Gasteiger partial charge in [0.25, 0.3) is 0 Å². The first-order valence-corrected chi connectivity index (χ1v) is 8.35. The molecule has 0 bridgehead atoms. The second-order valence-corrected chi connectivity index (χ2v) is 7.80. The molecule has 0 aromatic carbocycles. The molecule has 2 aliphatic rings. The van der Waals surface area contributed by atoms with Crippen molar-refractivity contribution in [2.75, 3.05) is 18.8 Å². The zero-order valence-corrected chi connectivity index (χ0v) is 12.1. The Morgan fingerprint density at radius 1 is 1.26 bits per heavy atom. The second kappa shape index (κ2) is 4.64. The van der Waals surface area contributed by atoms with E-state index >= 15 is 0 Å². The molecule has 2 N–H and O–H groups in total. The van der Waals surface area contributed by atoms with Crippen molar-refractivity contribution < 1.29 is 8.42 Å². The van der Waals surface area contributed by atoms with Crippen molar-refractivity contribution >= 4 is 27.3 Å². The molecule has 1 saturated heterocycles. The summed E-state index contributed by atoms with van der Waals surface area (Å²) in [5.41, 5.74) is 6.14. The predicted octanol–water partition coefficient (Wildman–Crippen LogP) is 1.25. The summed E-state index contributed by atoms with van der Waals surface area (Å²) in [4.78, 5) is 0. The third-order valence-corrected chi connectivity index (χ3v) is 6.51. The molecule has 3 rings (SSSR count). The molecule has 19 heavy (non-hydrogen) atoms. The number of nitrogens with zero attached hydrogens (tertiary/aromatic N) is 3. The highest BCUT2D eigenvalue weighted by Crippen LogP contribution is 2.34. The quantitative estimate of drug-likeness (QED) is 0.911.